The first-order valence-electron chi connectivity index (χ1n) is 20.7. The zero-order valence-electron chi connectivity index (χ0n) is 33.3. The molecule has 1 aliphatic heterocycles. The molecule has 0 spiro atoms. The van der Waals surface area contributed by atoms with Gasteiger partial charge in [0.1, 0.15) is 5.75 Å². The van der Waals surface area contributed by atoms with E-state index >= 15 is 0 Å². The van der Waals surface area contributed by atoms with Crippen molar-refractivity contribution in [1.82, 2.24) is 0 Å². The first-order valence-corrected chi connectivity index (χ1v) is 20.7. The van der Waals surface area contributed by atoms with Crippen LogP contribution in [-0.2, 0) is 11.7 Å². The van der Waals surface area contributed by atoms with Gasteiger partial charge in [0.25, 0.3) is 0 Å². The van der Waals surface area contributed by atoms with Crippen LogP contribution < -0.4 is 15.0 Å². The maximum absolute atomic E-state index is 6.74. The molecule has 0 atom stereocenters. The van der Waals surface area contributed by atoms with Crippen molar-refractivity contribution in [3.63, 3.8) is 0 Å². The van der Waals surface area contributed by atoms with E-state index in [4.69, 9.17) is 4.65 Å². The minimum absolute atomic E-state index is 0.0345. The SMILES string of the molecule is CC1(C)c2ccccc2-c2cc(-c3cccc4c3CB(c3ccccc3)O4)c(N(c3ccc(-c4ccccc4)cc3)c3ccc4cc(-c5ccccc5)ccc4c3)cc21. The van der Waals surface area contributed by atoms with Crippen LogP contribution in [0.4, 0.5) is 17.1 Å². The van der Waals surface area contributed by atoms with E-state index in [-0.39, 0.29) is 12.3 Å². The smallest absolute Gasteiger partial charge is 0.396 e. The average Bonchev–Trinajstić information content (AvgIpc) is 3.84. The first kappa shape index (κ1) is 35.1. The fourth-order valence-corrected chi connectivity index (χ4v) is 9.55. The van der Waals surface area contributed by atoms with Gasteiger partial charge in [-0.2, -0.15) is 0 Å². The number of benzene rings is 9. The number of hydrogen-bond acceptors (Lipinski definition) is 2. The van der Waals surface area contributed by atoms with E-state index in [0.717, 1.165) is 29.1 Å². The molecule has 3 heteroatoms. The Morgan fingerprint density at radius 1 is 0.441 bits per heavy atom. The van der Waals surface area contributed by atoms with E-state index in [2.05, 4.69) is 225 Å². The van der Waals surface area contributed by atoms with Crippen LogP contribution in [-0.4, -0.2) is 6.92 Å². The molecule has 1 heterocycles. The van der Waals surface area contributed by atoms with Gasteiger partial charge in [0.15, 0.2) is 0 Å². The van der Waals surface area contributed by atoms with Crippen LogP contribution in [0.5, 0.6) is 5.75 Å². The Hall–Kier alpha value is -7.10. The van der Waals surface area contributed by atoms with Crippen LogP contribution >= 0.6 is 0 Å². The summed E-state index contributed by atoms with van der Waals surface area (Å²) in [4.78, 5) is 2.48. The molecule has 1 aliphatic carbocycles. The van der Waals surface area contributed by atoms with Crippen LogP contribution in [0, 0.1) is 0 Å². The van der Waals surface area contributed by atoms with Crippen LogP contribution in [0.1, 0.15) is 30.5 Å². The molecule has 9 aromatic carbocycles. The molecule has 0 fully saturated rings. The second kappa shape index (κ2) is 14.1. The lowest BCUT2D eigenvalue weighted by Gasteiger charge is -2.31. The first-order chi connectivity index (χ1) is 29.0. The summed E-state index contributed by atoms with van der Waals surface area (Å²) < 4.78 is 6.74. The van der Waals surface area contributed by atoms with Crippen molar-refractivity contribution in [2.75, 3.05) is 4.90 Å². The Kier molecular flexibility index (Phi) is 8.37. The Balaban J connectivity index is 1.14. The predicted molar refractivity (Wildman–Crippen MR) is 249 cm³/mol. The molecule has 0 aromatic heterocycles. The lowest BCUT2D eigenvalue weighted by molar-refractivity contribution is 0.601. The highest BCUT2D eigenvalue weighted by atomic mass is 16.4. The lowest BCUT2D eigenvalue weighted by Crippen LogP contribution is -2.35. The van der Waals surface area contributed by atoms with Crippen molar-refractivity contribution in [1.29, 1.82) is 0 Å². The third-order valence-electron chi connectivity index (χ3n) is 12.6. The largest absolute Gasteiger partial charge is 0.555 e. The zero-order chi connectivity index (χ0) is 39.5. The number of rotatable bonds is 7. The van der Waals surface area contributed by atoms with Gasteiger partial charge in [0, 0.05) is 22.4 Å². The van der Waals surface area contributed by atoms with Crippen molar-refractivity contribution in [3.8, 4) is 50.3 Å². The van der Waals surface area contributed by atoms with Gasteiger partial charge in [0.05, 0.1) is 5.69 Å². The summed E-state index contributed by atoms with van der Waals surface area (Å²) in [5, 5.41) is 2.41. The minimum atomic E-state index is -0.181. The highest BCUT2D eigenvalue weighted by Gasteiger charge is 2.38. The average molecular weight is 756 g/mol. The van der Waals surface area contributed by atoms with Gasteiger partial charge in [-0.25, -0.2) is 0 Å². The van der Waals surface area contributed by atoms with Crippen LogP contribution in [0.2, 0.25) is 0 Å². The molecule has 280 valence electrons. The topological polar surface area (TPSA) is 12.5 Å². The number of fused-ring (bicyclic) bond motifs is 5. The third-order valence-corrected chi connectivity index (χ3v) is 12.6. The van der Waals surface area contributed by atoms with E-state index in [0.29, 0.717) is 0 Å². The fourth-order valence-electron chi connectivity index (χ4n) is 9.55. The molecule has 11 rings (SSSR count). The summed E-state index contributed by atoms with van der Waals surface area (Å²) in [5.74, 6) is 0.960. The normalized spacial score (nSPS) is 13.4. The molecular formula is C56H42BNO. The Bertz CT molecular complexity index is 3010. The quantitative estimate of drug-likeness (QED) is 0.150. The summed E-state index contributed by atoms with van der Waals surface area (Å²) in [7, 11) is 0. The van der Waals surface area contributed by atoms with E-state index in [1.807, 2.05) is 0 Å². The Morgan fingerprint density at radius 3 is 1.80 bits per heavy atom. The van der Waals surface area contributed by atoms with E-state index in [1.165, 1.54) is 77.4 Å². The molecular weight excluding hydrogens is 713 g/mol. The van der Waals surface area contributed by atoms with Crippen molar-refractivity contribution in [2.24, 2.45) is 0 Å². The molecule has 2 aliphatic rings. The van der Waals surface area contributed by atoms with Gasteiger partial charge in [0.2, 0.25) is 0 Å². The second-order valence-corrected chi connectivity index (χ2v) is 16.4. The van der Waals surface area contributed by atoms with Crippen LogP contribution in [0.25, 0.3) is 55.3 Å². The van der Waals surface area contributed by atoms with Crippen LogP contribution in [0.3, 0.4) is 0 Å². The van der Waals surface area contributed by atoms with E-state index in [1.54, 1.807) is 0 Å². The van der Waals surface area contributed by atoms with Crippen molar-refractivity contribution < 1.29 is 4.65 Å². The standard InChI is InChI=1S/C56H42BNO/c1-56(2)52-23-13-12-21-48(52)49-35-50(47-22-14-24-55-51(47)37-57(59-55)44-19-10-5-11-20-44)54(36-53(49)56)58(45-30-27-40(28-31-45)38-15-6-3-7-16-38)46-32-29-42-33-41(25-26-43(42)34-46)39-17-8-4-9-18-39/h3-36H,37H2,1-2H3. The molecule has 2 nitrogen and oxygen atoms in total. The summed E-state index contributed by atoms with van der Waals surface area (Å²) in [6.45, 7) is 4.71. The molecule has 9 aromatic rings. The molecule has 0 bridgehead atoms. The van der Waals surface area contributed by atoms with Gasteiger partial charge in [-0.1, -0.05) is 172 Å². The number of nitrogens with zero attached hydrogens (tertiary/aromatic N) is 1. The van der Waals surface area contributed by atoms with Gasteiger partial charge in [-0.15, -0.1) is 0 Å². The molecule has 59 heavy (non-hydrogen) atoms. The maximum atomic E-state index is 6.74. The van der Waals surface area contributed by atoms with Gasteiger partial charge < -0.3 is 9.55 Å². The highest BCUT2D eigenvalue weighted by molar-refractivity contribution is 6.68. The summed E-state index contributed by atoms with van der Waals surface area (Å²) in [5.41, 5.74) is 18.2. The monoisotopic (exact) mass is 755 g/mol. The molecule has 0 N–H and O–H groups in total. The summed E-state index contributed by atoms with van der Waals surface area (Å²) in [6, 6.07) is 75.3. The van der Waals surface area contributed by atoms with Crippen molar-refractivity contribution in [2.45, 2.75) is 25.6 Å². The lowest BCUT2D eigenvalue weighted by atomic mass is 9.58. The Labute approximate surface area is 347 Å². The predicted octanol–water partition coefficient (Wildman–Crippen LogP) is 14.0. The highest BCUT2D eigenvalue weighted by Crippen LogP contribution is 2.54. The second-order valence-electron chi connectivity index (χ2n) is 16.4. The summed E-state index contributed by atoms with van der Waals surface area (Å²) >= 11 is 0. The van der Waals surface area contributed by atoms with Crippen molar-refractivity contribution in [3.05, 3.63) is 223 Å². The molecule has 0 unspecified atom stereocenters. The number of anilines is 3. The van der Waals surface area contributed by atoms with E-state index in [9.17, 15) is 0 Å². The molecule has 0 saturated heterocycles. The van der Waals surface area contributed by atoms with Crippen LogP contribution in [0.15, 0.2) is 206 Å². The maximum Gasteiger partial charge on any atom is 0.396 e. The third kappa shape index (κ3) is 6.05. The fraction of sp³-hybridized carbons (Fsp3) is 0.0714. The minimum Gasteiger partial charge on any atom is -0.555 e. The van der Waals surface area contributed by atoms with Gasteiger partial charge in [-0.05, 0) is 127 Å². The number of hydrogen-bond donors (Lipinski definition) is 0. The Morgan fingerprint density at radius 2 is 1.03 bits per heavy atom. The molecule has 0 radical (unpaired) electrons. The molecule has 0 amide bonds. The van der Waals surface area contributed by atoms with Crippen molar-refractivity contribution >= 4 is 40.2 Å². The summed E-state index contributed by atoms with van der Waals surface area (Å²) in [6.07, 6.45) is 0.805. The van der Waals surface area contributed by atoms with Gasteiger partial charge in [-0.3, -0.25) is 0 Å². The van der Waals surface area contributed by atoms with Gasteiger partial charge >= 0.3 is 6.92 Å². The molecule has 0 saturated carbocycles. The van der Waals surface area contributed by atoms with E-state index < -0.39 is 0 Å². The zero-order valence-corrected chi connectivity index (χ0v) is 33.3.